The van der Waals surface area contributed by atoms with Crippen molar-refractivity contribution in [3.8, 4) is 0 Å². The smallest absolute Gasteiger partial charge is 0.0902 e. The molecule has 2 heteroatoms. The second-order valence-electron chi connectivity index (χ2n) is 3.27. The van der Waals surface area contributed by atoms with Crippen LogP contribution in [0.4, 0.5) is 0 Å². The topological polar surface area (TPSA) is 20.2 Å². The van der Waals surface area contributed by atoms with E-state index in [2.05, 4.69) is 6.58 Å². The van der Waals surface area contributed by atoms with E-state index in [1.165, 1.54) is 0 Å². The molecule has 0 aromatic heterocycles. The van der Waals surface area contributed by atoms with Gasteiger partial charge < -0.3 is 5.11 Å². The van der Waals surface area contributed by atoms with Gasteiger partial charge in [-0.3, -0.25) is 0 Å². The maximum atomic E-state index is 9.96. The fourth-order valence-corrected chi connectivity index (χ4v) is 1.33. The summed E-state index contributed by atoms with van der Waals surface area (Å²) in [6.07, 6.45) is 2.24. The summed E-state index contributed by atoms with van der Waals surface area (Å²) in [5.74, 6) is 0. The molecule has 13 heavy (non-hydrogen) atoms. The Morgan fingerprint density at radius 1 is 1.46 bits per heavy atom. The summed E-state index contributed by atoms with van der Waals surface area (Å²) in [6, 6.07) is 7.20. The summed E-state index contributed by atoms with van der Waals surface area (Å²) in [7, 11) is 0. The van der Waals surface area contributed by atoms with Crippen molar-refractivity contribution in [2.75, 3.05) is 0 Å². The molecule has 0 spiro atoms. The van der Waals surface area contributed by atoms with Crippen LogP contribution in [-0.2, 0) is 5.60 Å². The molecule has 1 N–H and O–H groups in total. The average molecular weight is 197 g/mol. The Morgan fingerprint density at radius 3 is 2.46 bits per heavy atom. The van der Waals surface area contributed by atoms with Gasteiger partial charge in [-0.2, -0.15) is 0 Å². The third-order valence-electron chi connectivity index (χ3n) is 2.01. The zero-order valence-corrected chi connectivity index (χ0v) is 8.38. The van der Waals surface area contributed by atoms with Gasteiger partial charge in [-0.1, -0.05) is 29.8 Å². The lowest BCUT2D eigenvalue weighted by molar-refractivity contribution is 0.0606. The molecular weight excluding hydrogens is 184 g/mol. The van der Waals surface area contributed by atoms with Crippen LogP contribution in [0.1, 0.15) is 18.9 Å². The van der Waals surface area contributed by atoms with Gasteiger partial charge in [0.2, 0.25) is 0 Å². The summed E-state index contributed by atoms with van der Waals surface area (Å²) in [5.41, 5.74) is 0.0172. The fraction of sp³-hybridized carbons (Fsp3) is 0.273. The van der Waals surface area contributed by atoms with Gasteiger partial charge >= 0.3 is 0 Å². The van der Waals surface area contributed by atoms with Crippen LogP contribution in [0.25, 0.3) is 0 Å². The van der Waals surface area contributed by atoms with Crippen LogP contribution in [0, 0.1) is 0 Å². The first-order chi connectivity index (χ1) is 6.06. The monoisotopic (exact) mass is 196 g/mol. The zero-order chi connectivity index (χ0) is 9.90. The standard InChI is InChI=1S/C11H13ClO/c1-3-8-11(2,13)9-4-6-10(12)7-5-9/h3-7,13H,1,8H2,2H3/t11-/m0/s1. The highest BCUT2D eigenvalue weighted by atomic mass is 35.5. The van der Waals surface area contributed by atoms with Crippen LogP contribution >= 0.6 is 11.6 Å². The van der Waals surface area contributed by atoms with Gasteiger partial charge in [0.25, 0.3) is 0 Å². The predicted molar refractivity (Wildman–Crippen MR) is 55.8 cm³/mol. The molecule has 1 aromatic carbocycles. The zero-order valence-electron chi connectivity index (χ0n) is 7.63. The molecule has 0 aliphatic carbocycles. The second-order valence-corrected chi connectivity index (χ2v) is 3.71. The van der Waals surface area contributed by atoms with Gasteiger partial charge in [0, 0.05) is 5.02 Å². The molecule has 1 rings (SSSR count). The highest BCUT2D eigenvalue weighted by Gasteiger charge is 2.20. The van der Waals surface area contributed by atoms with E-state index < -0.39 is 5.60 Å². The van der Waals surface area contributed by atoms with Gasteiger partial charge in [-0.05, 0) is 31.0 Å². The molecule has 0 heterocycles. The van der Waals surface area contributed by atoms with E-state index in [-0.39, 0.29) is 0 Å². The normalized spacial score (nSPS) is 15.0. The molecule has 0 saturated heterocycles. The SMILES string of the molecule is C=CC[C@](C)(O)c1ccc(Cl)cc1. The molecular formula is C11H13ClO. The number of benzene rings is 1. The minimum absolute atomic E-state index is 0.536. The van der Waals surface area contributed by atoms with Crippen LogP contribution in [0.3, 0.4) is 0 Å². The second kappa shape index (κ2) is 3.95. The molecule has 70 valence electrons. The van der Waals surface area contributed by atoms with Crippen molar-refractivity contribution in [1.29, 1.82) is 0 Å². The summed E-state index contributed by atoms with van der Waals surface area (Å²) in [5, 5.41) is 10.6. The summed E-state index contributed by atoms with van der Waals surface area (Å²) in [6.45, 7) is 5.36. The van der Waals surface area contributed by atoms with E-state index in [1.807, 2.05) is 12.1 Å². The Hall–Kier alpha value is -0.790. The number of halogens is 1. The molecule has 0 bridgehead atoms. The largest absolute Gasteiger partial charge is 0.385 e. The molecule has 0 radical (unpaired) electrons. The van der Waals surface area contributed by atoms with Crippen LogP contribution < -0.4 is 0 Å². The molecule has 1 nitrogen and oxygen atoms in total. The quantitative estimate of drug-likeness (QED) is 0.737. The number of hydrogen-bond donors (Lipinski definition) is 1. The molecule has 0 amide bonds. The van der Waals surface area contributed by atoms with Crippen molar-refractivity contribution in [3.05, 3.63) is 47.5 Å². The van der Waals surface area contributed by atoms with E-state index in [4.69, 9.17) is 11.6 Å². The lowest BCUT2D eigenvalue weighted by Gasteiger charge is -2.21. The Kier molecular flexibility index (Phi) is 3.12. The molecule has 1 aromatic rings. The van der Waals surface area contributed by atoms with Crippen molar-refractivity contribution < 1.29 is 5.11 Å². The van der Waals surface area contributed by atoms with Gasteiger partial charge in [-0.25, -0.2) is 0 Å². The molecule has 1 atom stereocenters. The van der Waals surface area contributed by atoms with Gasteiger partial charge in [0.1, 0.15) is 0 Å². The van der Waals surface area contributed by atoms with Crippen molar-refractivity contribution in [3.63, 3.8) is 0 Å². The van der Waals surface area contributed by atoms with Gasteiger partial charge in [-0.15, -0.1) is 6.58 Å². The van der Waals surface area contributed by atoms with Crippen molar-refractivity contribution >= 4 is 11.6 Å². The number of aliphatic hydroxyl groups is 1. The molecule has 0 aliphatic heterocycles. The summed E-state index contributed by atoms with van der Waals surface area (Å²) >= 11 is 5.74. The molecule has 0 saturated carbocycles. The Balaban J connectivity index is 2.93. The van der Waals surface area contributed by atoms with E-state index in [9.17, 15) is 5.11 Å². The van der Waals surface area contributed by atoms with E-state index in [0.29, 0.717) is 11.4 Å². The predicted octanol–water partition coefficient (Wildman–Crippen LogP) is 3.12. The van der Waals surface area contributed by atoms with E-state index in [1.54, 1.807) is 25.1 Å². The minimum atomic E-state index is -0.841. The Bertz CT molecular complexity index is 287. The van der Waals surface area contributed by atoms with Gasteiger partial charge in [0.05, 0.1) is 5.60 Å². The van der Waals surface area contributed by atoms with Crippen LogP contribution in [0.2, 0.25) is 5.02 Å². The third-order valence-corrected chi connectivity index (χ3v) is 2.26. The molecule has 0 fully saturated rings. The lowest BCUT2D eigenvalue weighted by Crippen LogP contribution is -2.19. The van der Waals surface area contributed by atoms with Crippen molar-refractivity contribution in [1.82, 2.24) is 0 Å². The van der Waals surface area contributed by atoms with Crippen molar-refractivity contribution in [2.24, 2.45) is 0 Å². The van der Waals surface area contributed by atoms with E-state index in [0.717, 1.165) is 5.56 Å². The summed E-state index contributed by atoms with van der Waals surface area (Å²) < 4.78 is 0. The fourth-order valence-electron chi connectivity index (χ4n) is 1.21. The number of rotatable bonds is 3. The first-order valence-corrected chi connectivity index (χ1v) is 4.53. The van der Waals surface area contributed by atoms with Crippen LogP contribution in [0.5, 0.6) is 0 Å². The maximum Gasteiger partial charge on any atom is 0.0902 e. The van der Waals surface area contributed by atoms with Crippen LogP contribution in [-0.4, -0.2) is 5.11 Å². The van der Waals surface area contributed by atoms with E-state index >= 15 is 0 Å². The highest BCUT2D eigenvalue weighted by Crippen LogP contribution is 2.25. The number of hydrogen-bond acceptors (Lipinski definition) is 1. The first-order valence-electron chi connectivity index (χ1n) is 4.15. The Morgan fingerprint density at radius 2 is 2.00 bits per heavy atom. The average Bonchev–Trinajstić information content (AvgIpc) is 2.05. The first kappa shape index (κ1) is 10.3. The molecule has 0 unspecified atom stereocenters. The Labute approximate surface area is 83.7 Å². The third kappa shape index (κ3) is 2.58. The summed E-state index contributed by atoms with van der Waals surface area (Å²) in [4.78, 5) is 0. The molecule has 0 aliphatic rings. The van der Waals surface area contributed by atoms with Crippen LogP contribution in [0.15, 0.2) is 36.9 Å². The minimum Gasteiger partial charge on any atom is -0.385 e. The van der Waals surface area contributed by atoms with Gasteiger partial charge in [0.15, 0.2) is 0 Å². The van der Waals surface area contributed by atoms with Crippen molar-refractivity contribution in [2.45, 2.75) is 18.9 Å². The highest BCUT2D eigenvalue weighted by molar-refractivity contribution is 6.30. The lowest BCUT2D eigenvalue weighted by atomic mass is 9.93. The maximum absolute atomic E-state index is 9.96.